The first-order valence-corrected chi connectivity index (χ1v) is 5.46. The number of methoxy groups -OCH3 is 1. The quantitative estimate of drug-likeness (QED) is 0.660. The van der Waals surface area contributed by atoms with Crippen molar-refractivity contribution in [3.8, 4) is 0 Å². The van der Waals surface area contributed by atoms with Gasteiger partial charge in [-0.05, 0) is 12.1 Å². The Kier molecular flexibility index (Phi) is 3.55. The van der Waals surface area contributed by atoms with Crippen LogP contribution in [0.5, 0.6) is 0 Å². The van der Waals surface area contributed by atoms with E-state index in [1.54, 1.807) is 25.4 Å². The number of hydrogen-bond acceptors (Lipinski definition) is 5. The first kappa shape index (κ1) is 11.8. The second-order valence-corrected chi connectivity index (χ2v) is 3.98. The zero-order valence-electron chi connectivity index (χ0n) is 9.64. The van der Waals surface area contributed by atoms with E-state index in [1.165, 1.54) is 0 Å². The Morgan fingerprint density at radius 1 is 1.65 bits per heavy atom. The van der Waals surface area contributed by atoms with Gasteiger partial charge in [-0.15, -0.1) is 0 Å². The first-order valence-electron chi connectivity index (χ1n) is 5.46. The van der Waals surface area contributed by atoms with Crippen LogP contribution in [0.1, 0.15) is 10.4 Å². The Morgan fingerprint density at radius 3 is 3.18 bits per heavy atom. The smallest absolute Gasteiger partial charge is 0.248 e. The number of rotatable bonds is 4. The van der Waals surface area contributed by atoms with E-state index in [0.717, 1.165) is 13.1 Å². The van der Waals surface area contributed by atoms with Crippen molar-refractivity contribution in [2.24, 2.45) is 5.73 Å². The van der Waals surface area contributed by atoms with Gasteiger partial charge in [0.1, 0.15) is 5.82 Å². The summed E-state index contributed by atoms with van der Waals surface area (Å²) in [4.78, 5) is 15.2. The maximum atomic E-state index is 11.0. The van der Waals surface area contributed by atoms with Crippen LogP contribution in [0.25, 0.3) is 0 Å². The fourth-order valence-electron chi connectivity index (χ4n) is 1.90. The molecule has 6 nitrogen and oxygen atoms in total. The Bertz CT molecular complexity index is 410. The van der Waals surface area contributed by atoms with Crippen molar-refractivity contribution in [1.29, 1.82) is 0 Å². The summed E-state index contributed by atoms with van der Waals surface area (Å²) < 4.78 is 5.33. The lowest BCUT2D eigenvalue weighted by Gasteiger charge is -2.19. The molecule has 1 amide bonds. The molecule has 2 heterocycles. The van der Waals surface area contributed by atoms with Crippen LogP contribution < -0.4 is 16.4 Å². The molecule has 1 saturated heterocycles. The molecule has 4 N–H and O–H groups in total. The summed E-state index contributed by atoms with van der Waals surface area (Å²) >= 11 is 0. The summed E-state index contributed by atoms with van der Waals surface area (Å²) in [6.45, 7) is 1.62. The van der Waals surface area contributed by atoms with Crippen LogP contribution in [-0.4, -0.2) is 43.2 Å². The minimum absolute atomic E-state index is 0.106. The lowest BCUT2D eigenvalue weighted by molar-refractivity contribution is 0.1000. The van der Waals surface area contributed by atoms with Gasteiger partial charge in [0, 0.05) is 32.0 Å². The standard InChI is InChI=1S/C11H16N4O2/c1-17-9-6-13-5-8(9)15-10-4-7(11(12)16)2-3-14-10/h2-4,8-9,13H,5-6H2,1H3,(H2,12,16)(H,14,15)/t8?,9-/m1/s1. The molecule has 1 aliphatic heterocycles. The maximum Gasteiger partial charge on any atom is 0.248 e. The Morgan fingerprint density at radius 2 is 2.47 bits per heavy atom. The molecule has 0 radical (unpaired) electrons. The van der Waals surface area contributed by atoms with Crippen molar-refractivity contribution in [1.82, 2.24) is 10.3 Å². The van der Waals surface area contributed by atoms with E-state index < -0.39 is 5.91 Å². The van der Waals surface area contributed by atoms with E-state index in [0.29, 0.717) is 11.4 Å². The Hall–Kier alpha value is -1.66. The average Bonchev–Trinajstić information content (AvgIpc) is 2.76. The normalized spacial score (nSPS) is 23.6. The topological polar surface area (TPSA) is 89.3 Å². The molecule has 0 saturated carbocycles. The minimum atomic E-state index is -0.455. The van der Waals surface area contributed by atoms with Crippen LogP contribution in [0.15, 0.2) is 18.3 Å². The lowest BCUT2D eigenvalue weighted by atomic mass is 10.2. The molecule has 0 aromatic carbocycles. The second-order valence-electron chi connectivity index (χ2n) is 3.98. The predicted molar refractivity (Wildman–Crippen MR) is 63.8 cm³/mol. The van der Waals surface area contributed by atoms with Gasteiger partial charge in [0.05, 0.1) is 12.1 Å². The molecule has 1 aliphatic rings. The van der Waals surface area contributed by atoms with Gasteiger partial charge < -0.3 is 21.1 Å². The number of hydrogen-bond donors (Lipinski definition) is 3. The molecule has 2 rings (SSSR count). The van der Waals surface area contributed by atoms with E-state index in [1.807, 2.05) is 0 Å². The van der Waals surface area contributed by atoms with E-state index in [2.05, 4.69) is 15.6 Å². The predicted octanol–water partition coefficient (Wildman–Crippen LogP) is -0.421. The summed E-state index contributed by atoms with van der Waals surface area (Å²) in [5.74, 6) is 0.181. The van der Waals surface area contributed by atoms with Gasteiger partial charge in [0.15, 0.2) is 0 Å². The summed E-state index contributed by atoms with van der Waals surface area (Å²) in [7, 11) is 1.68. The van der Waals surface area contributed by atoms with Gasteiger partial charge in [-0.25, -0.2) is 4.98 Å². The molecule has 1 fully saturated rings. The van der Waals surface area contributed by atoms with Gasteiger partial charge >= 0.3 is 0 Å². The van der Waals surface area contributed by atoms with Crippen LogP contribution in [0.3, 0.4) is 0 Å². The molecule has 0 spiro atoms. The molecule has 0 aliphatic carbocycles. The monoisotopic (exact) mass is 236 g/mol. The van der Waals surface area contributed by atoms with Crippen LogP contribution >= 0.6 is 0 Å². The zero-order chi connectivity index (χ0) is 12.3. The zero-order valence-corrected chi connectivity index (χ0v) is 9.64. The Balaban J connectivity index is 2.07. The highest BCUT2D eigenvalue weighted by molar-refractivity contribution is 5.93. The Labute approximate surface area is 99.5 Å². The molecule has 2 atom stereocenters. The van der Waals surface area contributed by atoms with Crippen molar-refractivity contribution in [2.75, 3.05) is 25.5 Å². The van der Waals surface area contributed by atoms with Gasteiger partial charge in [0.25, 0.3) is 0 Å². The molecule has 1 unspecified atom stereocenters. The van der Waals surface area contributed by atoms with Gasteiger partial charge in [0.2, 0.25) is 5.91 Å². The fraction of sp³-hybridized carbons (Fsp3) is 0.455. The molecule has 6 heteroatoms. The number of anilines is 1. The van der Waals surface area contributed by atoms with Crippen LogP contribution in [0.4, 0.5) is 5.82 Å². The average molecular weight is 236 g/mol. The number of primary amides is 1. The molecule has 1 aromatic heterocycles. The van der Waals surface area contributed by atoms with Gasteiger partial charge in [-0.3, -0.25) is 4.79 Å². The number of nitrogens with zero attached hydrogens (tertiary/aromatic N) is 1. The van der Waals surface area contributed by atoms with Crippen molar-refractivity contribution in [3.05, 3.63) is 23.9 Å². The number of carbonyl (C=O) groups excluding carboxylic acids is 1. The third-order valence-corrected chi connectivity index (χ3v) is 2.84. The maximum absolute atomic E-state index is 11.0. The van der Waals surface area contributed by atoms with E-state index in [9.17, 15) is 4.79 Å². The van der Waals surface area contributed by atoms with Crippen LogP contribution in [0.2, 0.25) is 0 Å². The second kappa shape index (κ2) is 5.11. The highest BCUT2D eigenvalue weighted by Gasteiger charge is 2.26. The highest BCUT2D eigenvalue weighted by Crippen LogP contribution is 2.12. The fourth-order valence-corrected chi connectivity index (χ4v) is 1.90. The number of nitrogens with two attached hydrogens (primary N) is 1. The third-order valence-electron chi connectivity index (χ3n) is 2.84. The van der Waals surface area contributed by atoms with E-state index in [-0.39, 0.29) is 12.1 Å². The molecule has 17 heavy (non-hydrogen) atoms. The number of nitrogens with one attached hydrogen (secondary N) is 2. The number of aromatic nitrogens is 1. The molecule has 1 aromatic rings. The lowest BCUT2D eigenvalue weighted by Crippen LogP contribution is -2.33. The summed E-state index contributed by atoms with van der Waals surface area (Å²) in [5.41, 5.74) is 5.66. The van der Waals surface area contributed by atoms with Crippen molar-refractivity contribution in [3.63, 3.8) is 0 Å². The number of carbonyl (C=O) groups is 1. The van der Waals surface area contributed by atoms with Crippen molar-refractivity contribution >= 4 is 11.7 Å². The summed E-state index contributed by atoms with van der Waals surface area (Å²) in [6, 6.07) is 3.39. The van der Waals surface area contributed by atoms with Crippen LogP contribution in [0, 0.1) is 0 Å². The van der Waals surface area contributed by atoms with Gasteiger partial charge in [-0.1, -0.05) is 0 Å². The minimum Gasteiger partial charge on any atom is -0.378 e. The molecular weight excluding hydrogens is 220 g/mol. The van der Waals surface area contributed by atoms with Crippen molar-refractivity contribution in [2.45, 2.75) is 12.1 Å². The highest BCUT2D eigenvalue weighted by atomic mass is 16.5. The van der Waals surface area contributed by atoms with E-state index in [4.69, 9.17) is 10.5 Å². The molecule has 0 bridgehead atoms. The summed E-state index contributed by atoms with van der Waals surface area (Å²) in [5, 5.41) is 6.45. The summed E-state index contributed by atoms with van der Waals surface area (Å²) in [6.07, 6.45) is 1.67. The first-order chi connectivity index (χ1) is 8.20. The van der Waals surface area contributed by atoms with Crippen LogP contribution in [-0.2, 0) is 4.74 Å². The number of ether oxygens (including phenoxy) is 1. The molecule has 92 valence electrons. The SMILES string of the molecule is CO[C@@H]1CNCC1Nc1cc(C(N)=O)ccn1. The van der Waals surface area contributed by atoms with Crippen molar-refractivity contribution < 1.29 is 9.53 Å². The molecular formula is C11H16N4O2. The number of amides is 1. The van der Waals surface area contributed by atoms with E-state index >= 15 is 0 Å². The van der Waals surface area contributed by atoms with Gasteiger partial charge in [-0.2, -0.15) is 0 Å². The number of pyridine rings is 1. The third kappa shape index (κ3) is 2.72. The largest absolute Gasteiger partial charge is 0.378 e.